The smallest absolute Gasteiger partial charge is 0.312 e. The van der Waals surface area contributed by atoms with Gasteiger partial charge in [0, 0.05) is 12.1 Å². The van der Waals surface area contributed by atoms with Crippen LogP contribution in [0.3, 0.4) is 0 Å². The molecule has 45 heavy (non-hydrogen) atoms. The number of carboxylic acids is 1. The fraction of sp³-hybridized carbons (Fsp3) is 0.389. The zero-order chi connectivity index (χ0) is 31.7. The van der Waals surface area contributed by atoms with Gasteiger partial charge in [0.05, 0.1) is 35.7 Å². The van der Waals surface area contributed by atoms with Crippen molar-refractivity contribution in [3.8, 4) is 17.6 Å². The Morgan fingerprint density at radius 2 is 1.76 bits per heavy atom. The number of methoxy groups -OCH3 is 1. The molecular weight excluding hydrogens is 572 g/mol. The van der Waals surface area contributed by atoms with Crippen molar-refractivity contribution in [3.63, 3.8) is 0 Å². The molecule has 3 aromatic rings. The second-order valence-corrected chi connectivity index (χ2v) is 12.6. The number of carbonyl (C=O) groups is 3. The third kappa shape index (κ3) is 5.85. The van der Waals surface area contributed by atoms with E-state index in [2.05, 4.69) is 11.4 Å². The van der Waals surface area contributed by atoms with Crippen molar-refractivity contribution in [2.75, 3.05) is 7.11 Å². The van der Waals surface area contributed by atoms with Crippen molar-refractivity contribution in [1.82, 2.24) is 5.32 Å². The molecule has 4 atom stereocenters. The molecule has 2 N–H and O–H groups in total. The highest BCUT2D eigenvalue weighted by atomic mass is 16.5. The fourth-order valence-electron chi connectivity index (χ4n) is 7.14. The second-order valence-electron chi connectivity index (χ2n) is 12.6. The number of rotatable bonds is 9. The molecule has 0 aromatic heterocycles. The molecule has 3 aliphatic carbocycles. The first-order valence-electron chi connectivity index (χ1n) is 15.4. The van der Waals surface area contributed by atoms with Crippen LogP contribution in [0.2, 0.25) is 0 Å². The summed E-state index contributed by atoms with van der Waals surface area (Å²) in [6.45, 7) is 2.12. The number of nitrogens with one attached hydrogen (secondary N) is 1. The van der Waals surface area contributed by atoms with Crippen LogP contribution in [0.25, 0.3) is 10.8 Å². The predicted molar refractivity (Wildman–Crippen MR) is 166 cm³/mol. The van der Waals surface area contributed by atoms with Crippen molar-refractivity contribution in [2.45, 2.75) is 57.8 Å². The van der Waals surface area contributed by atoms with Gasteiger partial charge in [-0.25, -0.2) is 0 Å². The van der Waals surface area contributed by atoms with E-state index in [0.717, 1.165) is 16.3 Å². The predicted octanol–water partition coefficient (Wildman–Crippen LogP) is 5.80. The van der Waals surface area contributed by atoms with E-state index in [9.17, 15) is 24.8 Å². The fourth-order valence-corrected chi connectivity index (χ4v) is 7.14. The third-order valence-corrected chi connectivity index (χ3v) is 9.77. The van der Waals surface area contributed by atoms with Crippen LogP contribution in [-0.4, -0.2) is 42.2 Å². The number of fused-ring (bicyclic) bond motifs is 3. The average Bonchev–Trinajstić information content (AvgIpc) is 3.66. The van der Waals surface area contributed by atoms with Gasteiger partial charge in [0.2, 0.25) is 0 Å². The maximum Gasteiger partial charge on any atom is 0.312 e. The molecule has 0 aliphatic heterocycles. The Morgan fingerprint density at radius 1 is 1.02 bits per heavy atom. The highest BCUT2D eigenvalue weighted by Crippen LogP contribution is 2.44. The van der Waals surface area contributed by atoms with Crippen molar-refractivity contribution < 1.29 is 33.7 Å². The SMILES string of the molecule is COc1cc(C#N)c(O[C@H]2CC[C@@](C)(C(=O)OCc3cccc4ccccc34)CC2)cc1C(=O)N[C@H]1[C@@H](C(=O)O)[C@H]2C=C[C@@H]1C2. The number of benzene rings is 3. The summed E-state index contributed by atoms with van der Waals surface area (Å²) in [5, 5.41) is 24.7. The van der Waals surface area contributed by atoms with Gasteiger partial charge >= 0.3 is 11.9 Å². The van der Waals surface area contributed by atoms with Crippen LogP contribution < -0.4 is 14.8 Å². The van der Waals surface area contributed by atoms with Crippen molar-refractivity contribution >= 4 is 28.6 Å². The van der Waals surface area contributed by atoms with Gasteiger partial charge in [-0.2, -0.15) is 5.26 Å². The van der Waals surface area contributed by atoms with E-state index >= 15 is 0 Å². The Kier molecular flexibility index (Phi) is 8.24. The minimum absolute atomic E-state index is 0.0459. The highest BCUT2D eigenvalue weighted by Gasteiger charge is 2.49. The molecule has 0 saturated heterocycles. The number of carbonyl (C=O) groups excluding carboxylic acids is 2. The van der Waals surface area contributed by atoms with Gasteiger partial charge in [-0.15, -0.1) is 0 Å². The van der Waals surface area contributed by atoms with Crippen LogP contribution in [0.1, 0.15) is 60.5 Å². The quantitative estimate of drug-likeness (QED) is 0.230. The first-order valence-corrected chi connectivity index (χ1v) is 15.4. The topological polar surface area (TPSA) is 135 Å². The maximum atomic E-state index is 13.5. The first kappa shape index (κ1) is 30.2. The lowest BCUT2D eigenvalue weighted by Gasteiger charge is -2.35. The first-order chi connectivity index (χ1) is 21.7. The summed E-state index contributed by atoms with van der Waals surface area (Å²) in [6, 6.07) is 18.5. The van der Waals surface area contributed by atoms with Crippen LogP contribution in [0.4, 0.5) is 0 Å². The summed E-state index contributed by atoms with van der Waals surface area (Å²) in [6.07, 6.45) is 6.53. The van der Waals surface area contributed by atoms with Crippen LogP contribution in [-0.2, 0) is 20.9 Å². The van der Waals surface area contributed by atoms with Gasteiger partial charge in [-0.1, -0.05) is 54.6 Å². The van der Waals surface area contributed by atoms with Crippen molar-refractivity contribution in [1.29, 1.82) is 5.26 Å². The molecule has 3 aromatic carbocycles. The average molecular weight is 609 g/mol. The van der Waals surface area contributed by atoms with E-state index in [4.69, 9.17) is 14.2 Å². The monoisotopic (exact) mass is 608 g/mol. The normalized spacial score (nSPS) is 26.6. The van der Waals surface area contributed by atoms with Gasteiger partial charge in [-0.05, 0) is 73.3 Å². The van der Waals surface area contributed by atoms with Crippen LogP contribution in [0.15, 0.2) is 66.7 Å². The number of hydrogen-bond acceptors (Lipinski definition) is 7. The van der Waals surface area contributed by atoms with Crippen LogP contribution >= 0.6 is 0 Å². The molecule has 0 unspecified atom stereocenters. The number of esters is 1. The van der Waals surface area contributed by atoms with E-state index in [1.165, 1.54) is 19.2 Å². The molecular formula is C36H36N2O7. The molecule has 3 aliphatic rings. The molecule has 232 valence electrons. The zero-order valence-corrected chi connectivity index (χ0v) is 25.3. The van der Waals surface area contributed by atoms with Gasteiger partial charge in [0.25, 0.3) is 5.91 Å². The zero-order valence-electron chi connectivity index (χ0n) is 25.3. The number of amides is 1. The molecule has 2 bridgehead atoms. The maximum absolute atomic E-state index is 13.5. The summed E-state index contributed by atoms with van der Waals surface area (Å²) in [4.78, 5) is 38.6. The van der Waals surface area contributed by atoms with E-state index in [1.54, 1.807) is 0 Å². The third-order valence-electron chi connectivity index (χ3n) is 9.77. The summed E-state index contributed by atoms with van der Waals surface area (Å²) in [5.41, 5.74) is 0.682. The number of nitrogens with zero attached hydrogens (tertiary/aromatic N) is 1. The lowest BCUT2D eigenvalue weighted by atomic mass is 9.74. The van der Waals surface area contributed by atoms with E-state index in [1.807, 2.05) is 61.5 Å². The molecule has 2 saturated carbocycles. The van der Waals surface area contributed by atoms with Gasteiger partial charge in [0.15, 0.2) is 0 Å². The number of ether oxygens (including phenoxy) is 3. The highest BCUT2D eigenvalue weighted by molar-refractivity contribution is 5.98. The lowest BCUT2D eigenvalue weighted by molar-refractivity contribution is -0.159. The number of hydrogen-bond donors (Lipinski definition) is 2. The molecule has 0 heterocycles. The summed E-state index contributed by atoms with van der Waals surface area (Å²) >= 11 is 0. The Balaban J connectivity index is 1.11. The standard InChI is InChI=1S/C36H36N2O7/c1-36(35(42)44-20-24-8-5-7-21-6-3-4-9-27(21)24)14-12-26(13-15-36)45-29-18-28(30(43-2)17-25(29)19-37)33(39)38-32-23-11-10-22(16-23)31(32)34(40)41/h3-11,17-18,22-23,26,31-32H,12-16,20H2,1-2H3,(H,38,39)(H,40,41)/t22-,23+,26-,31-,32+,36+/m0/s1. The molecule has 9 nitrogen and oxygen atoms in total. The Hall–Kier alpha value is -4.84. The number of nitriles is 1. The number of allylic oxidation sites excluding steroid dienone is 1. The molecule has 0 spiro atoms. The Morgan fingerprint density at radius 3 is 2.49 bits per heavy atom. The molecule has 1 amide bonds. The summed E-state index contributed by atoms with van der Waals surface area (Å²) in [5.74, 6) is -2.06. The molecule has 2 fully saturated rings. The van der Waals surface area contributed by atoms with Crippen molar-refractivity contribution in [3.05, 3.63) is 83.4 Å². The Labute approximate surface area is 261 Å². The van der Waals surface area contributed by atoms with Crippen LogP contribution in [0, 0.1) is 34.5 Å². The molecule has 0 radical (unpaired) electrons. The Bertz CT molecular complexity index is 1710. The van der Waals surface area contributed by atoms with Gasteiger partial charge in [0.1, 0.15) is 24.2 Å². The van der Waals surface area contributed by atoms with E-state index in [-0.39, 0.29) is 53.1 Å². The summed E-state index contributed by atoms with van der Waals surface area (Å²) in [7, 11) is 1.41. The molecule has 6 rings (SSSR count). The van der Waals surface area contributed by atoms with Crippen LogP contribution in [0.5, 0.6) is 11.5 Å². The second kappa shape index (κ2) is 12.3. The lowest BCUT2D eigenvalue weighted by Crippen LogP contribution is -2.45. The van der Waals surface area contributed by atoms with E-state index in [0.29, 0.717) is 32.1 Å². The van der Waals surface area contributed by atoms with Gasteiger partial charge < -0.3 is 24.6 Å². The minimum Gasteiger partial charge on any atom is -0.496 e. The van der Waals surface area contributed by atoms with Gasteiger partial charge in [-0.3, -0.25) is 14.4 Å². The largest absolute Gasteiger partial charge is 0.496 e. The van der Waals surface area contributed by atoms with E-state index < -0.39 is 29.3 Å². The number of aliphatic carboxylic acids is 1. The summed E-state index contributed by atoms with van der Waals surface area (Å²) < 4.78 is 17.5. The van der Waals surface area contributed by atoms with Crippen molar-refractivity contribution in [2.24, 2.45) is 23.2 Å². The number of carboxylic acid groups (broad SMARTS) is 1. The minimum atomic E-state index is -0.935. The molecule has 9 heteroatoms.